The summed E-state index contributed by atoms with van der Waals surface area (Å²) in [5, 5.41) is 0. The first kappa shape index (κ1) is 22.0. The van der Waals surface area contributed by atoms with E-state index in [2.05, 4.69) is 29.2 Å². The smallest absolute Gasteiger partial charge is 0.253 e. The van der Waals surface area contributed by atoms with Gasteiger partial charge in [-0.2, -0.15) is 0 Å². The van der Waals surface area contributed by atoms with Gasteiger partial charge in [0.1, 0.15) is 11.6 Å². The van der Waals surface area contributed by atoms with Crippen LogP contribution in [0.3, 0.4) is 0 Å². The number of amides is 1. The van der Waals surface area contributed by atoms with Gasteiger partial charge in [-0.05, 0) is 69.0 Å². The number of ether oxygens (including phenoxy) is 1. The first-order valence-electron chi connectivity index (χ1n) is 11.4. The van der Waals surface area contributed by atoms with Crippen molar-refractivity contribution in [1.82, 2.24) is 14.9 Å². The summed E-state index contributed by atoms with van der Waals surface area (Å²) >= 11 is 0. The van der Waals surface area contributed by atoms with Crippen molar-refractivity contribution in [3.8, 4) is 5.75 Å². The minimum atomic E-state index is 0.0705. The molecule has 1 fully saturated rings. The molecule has 1 aliphatic heterocycles. The molecule has 0 bridgehead atoms. The van der Waals surface area contributed by atoms with E-state index in [0.717, 1.165) is 48.6 Å². The van der Waals surface area contributed by atoms with Gasteiger partial charge in [-0.1, -0.05) is 30.3 Å². The van der Waals surface area contributed by atoms with E-state index < -0.39 is 0 Å². The second kappa shape index (κ2) is 9.94. The lowest BCUT2D eigenvalue weighted by molar-refractivity contribution is 0.0705. The molecule has 3 aromatic rings. The molecular formula is C27H31N3O2. The fraction of sp³-hybridized carbons (Fsp3) is 0.370. The minimum Gasteiger partial charge on any atom is -0.491 e. The van der Waals surface area contributed by atoms with Gasteiger partial charge in [0.15, 0.2) is 0 Å². The van der Waals surface area contributed by atoms with E-state index >= 15 is 0 Å². The maximum absolute atomic E-state index is 13.2. The van der Waals surface area contributed by atoms with E-state index in [4.69, 9.17) is 9.72 Å². The average Bonchev–Trinajstić information content (AvgIpc) is 2.81. The number of likely N-dealkylation sites (tertiary alicyclic amines) is 1. The van der Waals surface area contributed by atoms with Crippen LogP contribution >= 0.6 is 0 Å². The van der Waals surface area contributed by atoms with Crippen molar-refractivity contribution in [2.24, 2.45) is 0 Å². The molecule has 0 unspecified atom stereocenters. The molecule has 0 N–H and O–H groups in total. The normalized spacial score (nSPS) is 16.2. The van der Waals surface area contributed by atoms with Gasteiger partial charge in [-0.15, -0.1) is 0 Å². The first-order chi connectivity index (χ1) is 15.5. The molecule has 1 aromatic heterocycles. The van der Waals surface area contributed by atoms with E-state index in [9.17, 15) is 4.79 Å². The standard InChI is InChI=1S/C27H31N3O2/c1-19(2)32-25-13-11-22(12-14-25)27(31)30-15-7-10-23(18-30)26-24(17-28-20(3)29-26)16-21-8-5-4-6-9-21/h4-6,8-9,11-14,17,19,23H,7,10,15-16,18H2,1-3H3/t23-/m0/s1. The van der Waals surface area contributed by atoms with Crippen LogP contribution < -0.4 is 4.74 Å². The number of hydrogen-bond acceptors (Lipinski definition) is 4. The van der Waals surface area contributed by atoms with Crippen molar-refractivity contribution in [3.63, 3.8) is 0 Å². The first-order valence-corrected chi connectivity index (χ1v) is 11.4. The number of nitrogens with zero attached hydrogens (tertiary/aromatic N) is 3. The number of carbonyl (C=O) groups is 1. The molecule has 1 saturated heterocycles. The molecule has 0 radical (unpaired) electrons. The molecule has 166 valence electrons. The van der Waals surface area contributed by atoms with Crippen molar-refractivity contribution < 1.29 is 9.53 Å². The van der Waals surface area contributed by atoms with E-state index in [1.807, 2.05) is 62.2 Å². The van der Waals surface area contributed by atoms with E-state index in [0.29, 0.717) is 12.1 Å². The van der Waals surface area contributed by atoms with Crippen LogP contribution in [-0.4, -0.2) is 40.0 Å². The van der Waals surface area contributed by atoms with Crippen LogP contribution in [-0.2, 0) is 6.42 Å². The molecule has 5 heteroatoms. The third-order valence-electron chi connectivity index (χ3n) is 5.82. The Morgan fingerprint density at radius 1 is 1.12 bits per heavy atom. The lowest BCUT2D eigenvalue weighted by atomic mass is 9.90. The summed E-state index contributed by atoms with van der Waals surface area (Å²) < 4.78 is 5.70. The average molecular weight is 430 g/mol. The summed E-state index contributed by atoms with van der Waals surface area (Å²) in [4.78, 5) is 24.5. The molecule has 0 spiro atoms. The van der Waals surface area contributed by atoms with E-state index in [1.54, 1.807) is 0 Å². The zero-order valence-electron chi connectivity index (χ0n) is 19.1. The fourth-order valence-corrected chi connectivity index (χ4v) is 4.33. The Bertz CT molecular complexity index is 1050. The van der Waals surface area contributed by atoms with Gasteiger partial charge in [-0.3, -0.25) is 4.79 Å². The van der Waals surface area contributed by atoms with Crippen molar-refractivity contribution in [1.29, 1.82) is 0 Å². The Hall–Kier alpha value is -3.21. The van der Waals surface area contributed by atoms with E-state index in [-0.39, 0.29) is 17.9 Å². The van der Waals surface area contributed by atoms with Crippen LogP contribution in [0.1, 0.15) is 65.6 Å². The molecule has 1 amide bonds. The maximum Gasteiger partial charge on any atom is 0.253 e. The molecule has 2 heterocycles. The third-order valence-corrected chi connectivity index (χ3v) is 5.82. The summed E-state index contributed by atoms with van der Waals surface area (Å²) in [5.41, 5.74) is 4.18. The van der Waals surface area contributed by atoms with Gasteiger partial charge >= 0.3 is 0 Å². The van der Waals surface area contributed by atoms with Gasteiger partial charge in [0.2, 0.25) is 0 Å². The highest BCUT2D eigenvalue weighted by Gasteiger charge is 2.28. The van der Waals surface area contributed by atoms with Crippen LogP contribution in [0.2, 0.25) is 0 Å². The zero-order chi connectivity index (χ0) is 22.5. The predicted molar refractivity (Wildman–Crippen MR) is 126 cm³/mol. The summed E-state index contributed by atoms with van der Waals surface area (Å²) in [6.45, 7) is 7.38. The summed E-state index contributed by atoms with van der Waals surface area (Å²) in [6.07, 6.45) is 4.87. The monoisotopic (exact) mass is 429 g/mol. The molecule has 1 aliphatic rings. The molecule has 2 aromatic carbocycles. The van der Waals surface area contributed by atoms with Crippen LogP contribution in [0.15, 0.2) is 60.8 Å². The Morgan fingerprint density at radius 3 is 2.59 bits per heavy atom. The quantitative estimate of drug-likeness (QED) is 0.542. The van der Waals surface area contributed by atoms with Crippen LogP contribution in [0.5, 0.6) is 5.75 Å². The number of rotatable bonds is 6. The maximum atomic E-state index is 13.2. The van der Waals surface area contributed by atoms with Crippen LogP contribution in [0, 0.1) is 6.92 Å². The van der Waals surface area contributed by atoms with Gasteiger partial charge in [-0.25, -0.2) is 9.97 Å². The topological polar surface area (TPSA) is 55.3 Å². The number of aryl methyl sites for hydroxylation is 1. The SMILES string of the molecule is Cc1ncc(Cc2ccccc2)c([C@H]2CCCN(C(=O)c3ccc(OC(C)C)cc3)C2)n1. The minimum absolute atomic E-state index is 0.0705. The largest absolute Gasteiger partial charge is 0.491 e. The second-order valence-electron chi connectivity index (χ2n) is 8.77. The van der Waals surface area contributed by atoms with Crippen molar-refractivity contribution >= 4 is 5.91 Å². The number of aromatic nitrogens is 2. The number of benzene rings is 2. The van der Waals surface area contributed by atoms with Crippen LogP contribution in [0.25, 0.3) is 0 Å². The Labute approximate surface area is 190 Å². The van der Waals surface area contributed by atoms with Crippen LogP contribution in [0.4, 0.5) is 0 Å². The van der Waals surface area contributed by atoms with Gasteiger partial charge in [0.05, 0.1) is 11.8 Å². The number of hydrogen-bond donors (Lipinski definition) is 0. The molecule has 0 saturated carbocycles. The number of carbonyl (C=O) groups excluding carboxylic acids is 1. The highest BCUT2D eigenvalue weighted by atomic mass is 16.5. The molecular weight excluding hydrogens is 398 g/mol. The zero-order valence-corrected chi connectivity index (χ0v) is 19.1. The molecule has 5 nitrogen and oxygen atoms in total. The molecule has 4 rings (SSSR count). The van der Waals surface area contributed by atoms with Crippen molar-refractivity contribution in [3.05, 3.63) is 89.0 Å². The Morgan fingerprint density at radius 2 is 1.88 bits per heavy atom. The molecule has 1 atom stereocenters. The predicted octanol–water partition coefficient (Wildman–Crippen LogP) is 5.18. The van der Waals surface area contributed by atoms with Crippen molar-refractivity contribution in [2.75, 3.05) is 13.1 Å². The third kappa shape index (κ3) is 5.34. The van der Waals surface area contributed by atoms with Gasteiger partial charge in [0.25, 0.3) is 5.91 Å². The molecule has 0 aliphatic carbocycles. The lowest BCUT2D eigenvalue weighted by Crippen LogP contribution is -2.39. The fourth-order valence-electron chi connectivity index (χ4n) is 4.33. The highest BCUT2D eigenvalue weighted by molar-refractivity contribution is 5.94. The Kier molecular flexibility index (Phi) is 6.84. The summed E-state index contributed by atoms with van der Waals surface area (Å²) in [7, 11) is 0. The second-order valence-corrected chi connectivity index (χ2v) is 8.77. The van der Waals surface area contributed by atoms with Crippen molar-refractivity contribution in [2.45, 2.75) is 52.1 Å². The highest BCUT2D eigenvalue weighted by Crippen LogP contribution is 2.30. The van der Waals surface area contributed by atoms with E-state index in [1.165, 1.54) is 5.56 Å². The summed E-state index contributed by atoms with van der Waals surface area (Å²) in [6, 6.07) is 17.9. The van der Waals surface area contributed by atoms with Gasteiger partial charge in [0, 0.05) is 37.2 Å². The molecule has 32 heavy (non-hydrogen) atoms. The van der Waals surface area contributed by atoms with Gasteiger partial charge < -0.3 is 9.64 Å². The Balaban J connectivity index is 1.51. The lowest BCUT2D eigenvalue weighted by Gasteiger charge is -2.33. The summed E-state index contributed by atoms with van der Waals surface area (Å²) in [5.74, 6) is 1.86. The number of piperidine rings is 1.